The van der Waals surface area contributed by atoms with Gasteiger partial charge < -0.3 is 35.1 Å². The molecular weight excluding hydrogens is 719 g/mol. The normalized spacial score (nSPS) is 13.8. The van der Waals surface area contributed by atoms with Crippen LogP contribution in [0.1, 0.15) is 42.1 Å². The molecule has 0 radical (unpaired) electrons. The van der Waals surface area contributed by atoms with Gasteiger partial charge in [0.05, 0.1) is 17.3 Å². The second kappa shape index (κ2) is 19.1. The highest BCUT2D eigenvalue weighted by atomic mass is 16.6. The Kier molecular flexibility index (Phi) is 13.0. The highest BCUT2D eigenvalue weighted by Gasteiger charge is 2.23. The second-order valence-corrected chi connectivity index (χ2v) is 14.2. The number of hydrogen-bond donors (Lipinski definition) is 5. The van der Waals surface area contributed by atoms with Gasteiger partial charge in [0.2, 0.25) is 11.5 Å². The van der Waals surface area contributed by atoms with Gasteiger partial charge in [0.15, 0.2) is 0 Å². The van der Waals surface area contributed by atoms with E-state index in [0.29, 0.717) is 67.2 Å². The first-order chi connectivity index (χ1) is 27.9. The zero-order chi connectivity index (χ0) is 39.4. The maximum absolute atomic E-state index is 12.8. The van der Waals surface area contributed by atoms with Crippen molar-refractivity contribution in [3.05, 3.63) is 161 Å². The number of piperidine rings is 1. The number of rotatable bonds is 15. The van der Waals surface area contributed by atoms with Gasteiger partial charge in [-0.2, -0.15) is 0 Å². The van der Waals surface area contributed by atoms with Gasteiger partial charge in [-0.15, -0.1) is 0 Å². The molecule has 0 saturated carbocycles. The fourth-order valence-electron chi connectivity index (χ4n) is 7.05. The number of anilines is 2. The minimum absolute atomic E-state index is 0.0658. The highest BCUT2D eigenvalue weighted by molar-refractivity contribution is 5.92. The van der Waals surface area contributed by atoms with E-state index in [0.717, 1.165) is 40.7 Å². The molecule has 7 rings (SSSR count). The van der Waals surface area contributed by atoms with Gasteiger partial charge in [0, 0.05) is 61.8 Å². The molecule has 5 aromatic carbocycles. The number of hydrogen-bond acceptors (Lipinski definition) is 8. The van der Waals surface area contributed by atoms with Crippen LogP contribution in [0.25, 0.3) is 22.0 Å². The lowest BCUT2D eigenvalue weighted by atomic mass is 10.0. The Morgan fingerprint density at radius 3 is 2.28 bits per heavy atom. The molecule has 1 aromatic heterocycles. The van der Waals surface area contributed by atoms with Crippen molar-refractivity contribution in [2.45, 2.75) is 44.6 Å². The van der Waals surface area contributed by atoms with Crippen LogP contribution in [0, 0.1) is 0 Å². The van der Waals surface area contributed by atoms with E-state index in [1.54, 1.807) is 12.1 Å². The lowest BCUT2D eigenvalue weighted by Gasteiger charge is -2.31. The van der Waals surface area contributed by atoms with Gasteiger partial charge in [0.25, 0.3) is 0 Å². The number of aliphatic hydroxyl groups excluding tert-OH is 1. The number of carbonyl (C=O) groups excluding carboxylic acids is 2. The van der Waals surface area contributed by atoms with Crippen molar-refractivity contribution in [1.29, 1.82) is 0 Å². The summed E-state index contributed by atoms with van der Waals surface area (Å²) in [6.07, 6.45) is 0.290. The first kappa shape index (κ1) is 39.0. The molecule has 1 atom stereocenters. The Balaban J connectivity index is 0.813. The van der Waals surface area contributed by atoms with E-state index in [-0.39, 0.29) is 24.1 Å². The molecule has 1 fully saturated rings. The Hall–Kier alpha value is -6.27. The van der Waals surface area contributed by atoms with Crippen LogP contribution in [0.15, 0.2) is 138 Å². The van der Waals surface area contributed by atoms with Crippen LogP contribution < -0.4 is 26.2 Å². The summed E-state index contributed by atoms with van der Waals surface area (Å²) in [5.41, 5.74) is 6.36. The van der Waals surface area contributed by atoms with Crippen molar-refractivity contribution in [1.82, 2.24) is 15.2 Å². The maximum Gasteiger partial charge on any atom is 0.411 e. The van der Waals surface area contributed by atoms with Crippen LogP contribution in [-0.4, -0.2) is 59.3 Å². The van der Waals surface area contributed by atoms with Crippen molar-refractivity contribution in [2.24, 2.45) is 0 Å². The molecule has 0 spiro atoms. The summed E-state index contributed by atoms with van der Waals surface area (Å²) in [7, 11) is 0. The molecule has 6 aromatic rings. The number of fused-ring (bicyclic) bond motifs is 1. The molecule has 1 saturated heterocycles. The molecule has 2 amide bonds. The summed E-state index contributed by atoms with van der Waals surface area (Å²) >= 11 is 0. The summed E-state index contributed by atoms with van der Waals surface area (Å²) in [5.74, 6) is 0.474. The number of pyridine rings is 1. The zero-order valence-electron chi connectivity index (χ0n) is 31.7. The molecule has 2 heterocycles. The van der Waals surface area contributed by atoms with E-state index in [1.807, 2.05) is 115 Å². The van der Waals surface area contributed by atoms with Gasteiger partial charge in [-0.05, 0) is 65.4 Å². The minimum Gasteiger partial charge on any atom is -0.487 e. The van der Waals surface area contributed by atoms with Gasteiger partial charge >= 0.3 is 6.09 Å². The molecule has 11 nitrogen and oxygen atoms in total. The van der Waals surface area contributed by atoms with Crippen LogP contribution in [0.5, 0.6) is 5.75 Å². The first-order valence-electron chi connectivity index (χ1n) is 19.3. The monoisotopic (exact) mass is 765 g/mol. The molecule has 5 N–H and O–H groups in total. The van der Waals surface area contributed by atoms with Crippen LogP contribution in [-0.2, 0) is 22.7 Å². The molecular formula is C46H47N5O6. The molecule has 0 aliphatic carbocycles. The van der Waals surface area contributed by atoms with E-state index in [1.165, 1.54) is 6.07 Å². The van der Waals surface area contributed by atoms with E-state index in [4.69, 9.17) is 9.47 Å². The molecule has 0 unspecified atom stereocenters. The van der Waals surface area contributed by atoms with Crippen molar-refractivity contribution < 1.29 is 24.2 Å². The average Bonchev–Trinajstić information content (AvgIpc) is 3.24. The third kappa shape index (κ3) is 10.7. The molecule has 11 heteroatoms. The van der Waals surface area contributed by atoms with Gasteiger partial charge in [-0.1, -0.05) is 97.1 Å². The minimum atomic E-state index is -0.828. The summed E-state index contributed by atoms with van der Waals surface area (Å²) in [4.78, 5) is 42.8. The smallest absolute Gasteiger partial charge is 0.411 e. The van der Waals surface area contributed by atoms with E-state index in [2.05, 4.69) is 25.8 Å². The van der Waals surface area contributed by atoms with Crippen molar-refractivity contribution in [3.8, 4) is 16.9 Å². The number of aromatic nitrogens is 1. The Bertz CT molecular complexity index is 2310. The number of likely N-dealkylation sites (tertiary alicyclic amines) is 1. The maximum atomic E-state index is 12.8. The number of aromatic amines is 1. The number of ether oxygens (including phenoxy) is 2. The van der Waals surface area contributed by atoms with Crippen molar-refractivity contribution >= 4 is 34.3 Å². The number of carbonyl (C=O) groups is 2. The third-order valence-corrected chi connectivity index (χ3v) is 10.1. The van der Waals surface area contributed by atoms with Gasteiger partial charge in [-0.3, -0.25) is 14.9 Å². The van der Waals surface area contributed by atoms with Crippen LogP contribution in [0.2, 0.25) is 0 Å². The number of nitrogens with zero attached hydrogens (tertiary/aromatic N) is 1. The van der Waals surface area contributed by atoms with Crippen molar-refractivity contribution in [2.75, 3.05) is 36.8 Å². The highest BCUT2D eigenvalue weighted by Crippen LogP contribution is 2.31. The summed E-state index contributed by atoms with van der Waals surface area (Å²) < 4.78 is 11.8. The number of H-pyrrole nitrogens is 1. The number of aliphatic hydroxyl groups is 1. The first-order valence-corrected chi connectivity index (χ1v) is 19.3. The summed E-state index contributed by atoms with van der Waals surface area (Å²) in [5, 5.41) is 21.0. The Morgan fingerprint density at radius 1 is 0.789 bits per heavy atom. The SMILES string of the molecule is O=C(CCN1CCC(OC(=O)Nc2ccccc2-c2ccccc2)CC1)Nc1ccc(CNC[C@H](O)c2ccc(OCc3ccccc3)c3[nH]c(=O)ccc23)cc1. The predicted octanol–water partition coefficient (Wildman–Crippen LogP) is 7.64. The van der Waals surface area contributed by atoms with E-state index >= 15 is 0 Å². The van der Waals surface area contributed by atoms with E-state index in [9.17, 15) is 19.5 Å². The lowest BCUT2D eigenvalue weighted by Crippen LogP contribution is -2.39. The fourth-order valence-corrected chi connectivity index (χ4v) is 7.05. The molecule has 292 valence electrons. The van der Waals surface area contributed by atoms with Gasteiger partial charge in [0.1, 0.15) is 18.5 Å². The summed E-state index contributed by atoms with van der Waals surface area (Å²) in [6, 6.07) is 41.8. The standard InChI is InChI=1S/C46H47N5O6/c52-41(38-19-21-42(45-39(38)20-22-43(53)50-45)56-31-33-9-3-1-4-10-33)30-47-29-32-15-17-35(18-16-32)48-44(54)25-28-51-26-23-36(24-27-51)57-46(55)49-40-14-8-7-13-37(40)34-11-5-2-6-12-34/h1-22,36,41,47,52H,23-31H2,(H,48,54)(H,49,55)(H,50,53)/t41-/m0/s1. The molecule has 0 bridgehead atoms. The quantitative estimate of drug-likeness (QED) is 0.0718. The average molecular weight is 766 g/mol. The molecule has 1 aliphatic heterocycles. The number of nitrogens with one attached hydrogen (secondary N) is 4. The van der Waals surface area contributed by atoms with Crippen LogP contribution >= 0.6 is 0 Å². The Labute approximate surface area is 331 Å². The van der Waals surface area contributed by atoms with Crippen LogP contribution in [0.4, 0.5) is 16.2 Å². The van der Waals surface area contributed by atoms with Gasteiger partial charge in [-0.25, -0.2) is 4.79 Å². The number of benzene rings is 5. The number of para-hydroxylation sites is 1. The predicted molar refractivity (Wildman–Crippen MR) is 223 cm³/mol. The number of amides is 2. The molecule has 57 heavy (non-hydrogen) atoms. The topological polar surface area (TPSA) is 145 Å². The second-order valence-electron chi connectivity index (χ2n) is 14.2. The van der Waals surface area contributed by atoms with Crippen molar-refractivity contribution in [3.63, 3.8) is 0 Å². The summed E-state index contributed by atoms with van der Waals surface area (Å²) in [6.45, 7) is 3.26. The van der Waals surface area contributed by atoms with Crippen LogP contribution in [0.3, 0.4) is 0 Å². The molecule has 1 aliphatic rings. The zero-order valence-corrected chi connectivity index (χ0v) is 31.7. The largest absolute Gasteiger partial charge is 0.487 e. The van der Waals surface area contributed by atoms with E-state index < -0.39 is 12.2 Å². The Morgan fingerprint density at radius 2 is 1.51 bits per heavy atom. The fraction of sp³-hybridized carbons (Fsp3) is 0.239. The lowest BCUT2D eigenvalue weighted by molar-refractivity contribution is -0.116. The third-order valence-electron chi connectivity index (χ3n) is 10.1.